The fraction of sp³-hybridized carbons (Fsp3) is 0.526. The van der Waals surface area contributed by atoms with E-state index in [9.17, 15) is 9.59 Å². The zero-order valence-electron chi connectivity index (χ0n) is 23.4. The summed E-state index contributed by atoms with van der Waals surface area (Å²) in [6.45, 7) is 0.790. The minimum Gasteiger partial charge on any atom is -0.368 e. The van der Waals surface area contributed by atoms with Crippen molar-refractivity contribution in [2.45, 2.75) is 59.3 Å². The number of nitrogens with zero attached hydrogens (tertiary/aromatic N) is 2. The molecule has 0 bridgehead atoms. The molecule has 1 atom stereocenters. The molecule has 136 valence electrons. The number of primary amides is 1. The number of fused-ring (bicyclic) bond motifs is 1. The molecule has 6 nitrogen and oxygen atoms in total. The summed E-state index contributed by atoms with van der Waals surface area (Å²) < 4.78 is 71.0. The Morgan fingerprint density at radius 1 is 1.36 bits per heavy atom. The monoisotopic (exact) mass is 353 g/mol. The van der Waals surface area contributed by atoms with Crippen molar-refractivity contribution in [2.24, 2.45) is 11.1 Å². The van der Waals surface area contributed by atoms with Gasteiger partial charge in [0.2, 0.25) is 5.91 Å². The second-order valence-corrected chi connectivity index (χ2v) is 6.63. The van der Waals surface area contributed by atoms with E-state index >= 15 is 0 Å². The van der Waals surface area contributed by atoms with Gasteiger partial charge in [-0.2, -0.15) is 5.10 Å². The summed E-state index contributed by atoms with van der Waals surface area (Å²) in [5.74, 6) is -1.53. The lowest BCUT2D eigenvalue weighted by atomic mass is 9.86. The number of amides is 2. The minimum absolute atomic E-state index is 0.179. The Balaban J connectivity index is 2.53. The van der Waals surface area contributed by atoms with Crippen LogP contribution >= 0.6 is 0 Å². The van der Waals surface area contributed by atoms with E-state index in [1.165, 1.54) is 12.1 Å². The second-order valence-electron chi connectivity index (χ2n) is 6.63. The normalized spacial score (nSPS) is 20.5. The SMILES string of the molecule is [2H]C([2H])([2H])C([2H])([2H])C([2H])([2H])C([2H])([2H])Cn1nc(C(=O)NC(C(N)=O)C(C)(C)C)c2ccccc21. The number of benzene rings is 1. The van der Waals surface area contributed by atoms with Crippen LogP contribution in [0.25, 0.3) is 10.9 Å². The van der Waals surface area contributed by atoms with Gasteiger partial charge in [0.15, 0.2) is 5.69 Å². The first-order valence-electron chi connectivity index (χ1n) is 12.2. The van der Waals surface area contributed by atoms with Crippen molar-refractivity contribution in [1.82, 2.24) is 15.1 Å². The van der Waals surface area contributed by atoms with Crippen LogP contribution in [-0.2, 0) is 11.3 Å². The van der Waals surface area contributed by atoms with Gasteiger partial charge in [-0.3, -0.25) is 14.3 Å². The van der Waals surface area contributed by atoms with Gasteiger partial charge >= 0.3 is 0 Å². The molecule has 0 aliphatic rings. The number of rotatable bonds is 7. The molecular weight excluding hydrogens is 316 g/mol. The van der Waals surface area contributed by atoms with E-state index in [0.29, 0.717) is 0 Å². The summed E-state index contributed by atoms with van der Waals surface area (Å²) in [4.78, 5) is 24.9. The summed E-state index contributed by atoms with van der Waals surface area (Å²) in [6.07, 6.45) is -10.0. The van der Waals surface area contributed by atoms with Gasteiger partial charge in [0, 0.05) is 24.3 Å². The molecule has 1 aromatic carbocycles. The van der Waals surface area contributed by atoms with Gasteiger partial charge < -0.3 is 11.1 Å². The van der Waals surface area contributed by atoms with E-state index in [4.69, 9.17) is 18.1 Å². The maximum Gasteiger partial charge on any atom is 0.273 e. The number of nitrogens with two attached hydrogens (primary N) is 1. The van der Waals surface area contributed by atoms with Crippen LogP contribution in [0.5, 0.6) is 0 Å². The number of hydrogen-bond donors (Lipinski definition) is 2. The molecule has 1 unspecified atom stereocenters. The zero-order chi connectivity index (χ0) is 26.5. The summed E-state index contributed by atoms with van der Waals surface area (Å²) in [5, 5.41) is 6.90. The highest BCUT2D eigenvalue weighted by atomic mass is 16.2. The van der Waals surface area contributed by atoms with Gasteiger partial charge in [0.1, 0.15) is 6.04 Å². The number of aromatic nitrogens is 2. The highest BCUT2D eigenvalue weighted by molar-refractivity contribution is 6.06. The summed E-state index contributed by atoms with van der Waals surface area (Å²) in [6, 6.07) is 5.15. The lowest BCUT2D eigenvalue weighted by Crippen LogP contribution is -2.52. The number of nitrogens with one attached hydrogen (secondary N) is 1. The fourth-order valence-corrected chi connectivity index (χ4v) is 2.49. The van der Waals surface area contributed by atoms with Gasteiger partial charge in [-0.25, -0.2) is 0 Å². The maximum atomic E-state index is 13.0. The van der Waals surface area contributed by atoms with E-state index in [1.54, 1.807) is 32.9 Å². The van der Waals surface area contributed by atoms with Crippen LogP contribution in [0.1, 0.15) is 69.6 Å². The predicted octanol–water partition coefficient (Wildman–Crippen LogP) is 2.86. The van der Waals surface area contributed by atoms with Crippen LogP contribution in [0.4, 0.5) is 0 Å². The number of carbonyl (C=O) groups is 2. The number of aryl methyl sites for hydroxylation is 1. The molecule has 3 N–H and O–H groups in total. The van der Waals surface area contributed by atoms with Crippen molar-refractivity contribution >= 4 is 22.7 Å². The van der Waals surface area contributed by atoms with Crippen LogP contribution in [0, 0.1) is 5.41 Å². The lowest BCUT2D eigenvalue weighted by molar-refractivity contribution is -0.122. The molecule has 0 saturated carbocycles. The van der Waals surface area contributed by atoms with E-state index in [2.05, 4.69) is 10.4 Å². The molecule has 0 aliphatic carbocycles. The van der Waals surface area contributed by atoms with Crippen LogP contribution in [0.2, 0.25) is 0 Å². The van der Waals surface area contributed by atoms with Gasteiger partial charge in [0.25, 0.3) is 5.91 Å². The first kappa shape index (κ1) is 9.94. The van der Waals surface area contributed by atoms with Crippen molar-refractivity contribution in [3.8, 4) is 0 Å². The molecule has 1 aromatic heterocycles. The first-order valence-corrected chi connectivity index (χ1v) is 7.71. The molecule has 0 saturated heterocycles. The molecule has 2 amide bonds. The Labute approximate surface area is 161 Å². The Bertz CT molecular complexity index is 1090. The number of para-hydroxylation sites is 1. The summed E-state index contributed by atoms with van der Waals surface area (Å²) >= 11 is 0. The van der Waals surface area contributed by atoms with Gasteiger partial charge in [-0.1, -0.05) is 58.6 Å². The number of carbonyl (C=O) groups excluding carboxylic acids is 2. The van der Waals surface area contributed by atoms with Crippen LogP contribution < -0.4 is 11.1 Å². The van der Waals surface area contributed by atoms with E-state index in [1.807, 2.05) is 0 Å². The van der Waals surface area contributed by atoms with Crippen molar-refractivity contribution < 1.29 is 21.9 Å². The van der Waals surface area contributed by atoms with Crippen molar-refractivity contribution in [2.75, 3.05) is 0 Å². The maximum absolute atomic E-state index is 13.0. The largest absolute Gasteiger partial charge is 0.368 e. The van der Waals surface area contributed by atoms with Crippen molar-refractivity contribution in [3.63, 3.8) is 0 Å². The van der Waals surface area contributed by atoms with Crippen molar-refractivity contribution in [1.29, 1.82) is 0 Å². The minimum atomic E-state index is -3.52. The first-order chi connectivity index (χ1) is 15.1. The number of hydrogen-bond acceptors (Lipinski definition) is 3. The van der Waals surface area contributed by atoms with Crippen molar-refractivity contribution in [3.05, 3.63) is 30.0 Å². The third-order valence-electron chi connectivity index (χ3n) is 3.68. The van der Waals surface area contributed by atoms with Gasteiger partial charge in [-0.15, -0.1) is 0 Å². The van der Waals surface area contributed by atoms with E-state index in [-0.39, 0.29) is 16.6 Å². The summed E-state index contributed by atoms with van der Waals surface area (Å²) in [7, 11) is 0. The third kappa shape index (κ3) is 4.38. The Hall–Kier alpha value is -2.37. The Morgan fingerprint density at radius 2 is 2.08 bits per heavy atom. The van der Waals surface area contributed by atoms with E-state index in [0.717, 1.165) is 4.68 Å². The predicted molar refractivity (Wildman–Crippen MR) is 99.2 cm³/mol. The highest BCUT2D eigenvalue weighted by Gasteiger charge is 2.32. The summed E-state index contributed by atoms with van der Waals surface area (Å²) in [5.41, 5.74) is 4.76. The standard InChI is InChI=1S/C19H28N4O2/c1-5-6-9-12-23-14-11-8-7-10-13(14)15(22-23)18(25)21-16(17(20)24)19(2,3)4/h7-8,10-11,16H,5-6,9,12H2,1-4H3,(H2,20,24)(H,21,25)/i1D3,5D2,6D2,9D2. The van der Waals surface area contributed by atoms with Gasteiger partial charge in [0.05, 0.1) is 5.52 Å². The van der Waals surface area contributed by atoms with Gasteiger partial charge in [-0.05, 0) is 17.9 Å². The average molecular weight is 354 g/mol. The molecule has 2 aromatic rings. The smallest absolute Gasteiger partial charge is 0.273 e. The Morgan fingerprint density at radius 3 is 2.72 bits per heavy atom. The fourth-order valence-electron chi connectivity index (χ4n) is 2.49. The molecule has 0 radical (unpaired) electrons. The topological polar surface area (TPSA) is 90.0 Å². The van der Waals surface area contributed by atoms with Crippen LogP contribution in [-0.4, -0.2) is 27.6 Å². The molecule has 2 rings (SSSR count). The third-order valence-corrected chi connectivity index (χ3v) is 3.68. The molecule has 1 heterocycles. The Kier molecular flexibility index (Phi) is 3.05. The highest BCUT2D eigenvalue weighted by Crippen LogP contribution is 2.22. The molecule has 0 spiro atoms. The second kappa shape index (κ2) is 7.68. The molecule has 0 fully saturated rings. The quantitative estimate of drug-likeness (QED) is 0.802. The lowest BCUT2D eigenvalue weighted by Gasteiger charge is -2.28. The molecule has 0 aliphatic heterocycles. The van der Waals surface area contributed by atoms with E-state index < -0.39 is 55.8 Å². The van der Waals surface area contributed by atoms with Crippen LogP contribution in [0.15, 0.2) is 24.3 Å². The van der Waals surface area contributed by atoms with Crippen LogP contribution in [0.3, 0.4) is 0 Å². The molecule has 25 heavy (non-hydrogen) atoms. The zero-order valence-corrected chi connectivity index (χ0v) is 14.4. The molecule has 6 heteroatoms. The average Bonchev–Trinajstić information content (AvgIpc) is 3.01. The molecular formula is C19H28N4O2.